The zero-order valence-electron chi connectivity index (χ0n) is 11.6. The van der Waals surface area contributed by atoms with E-state index in [2.05, 4.69) is 10.1 Å². The highest BCUT2D eigenvalue weighted by Crippen LogP contribution is 2.47. The van der Waals surface area contributed by atoms with Gasteiger partial charge in [-0.25, -0.2) is 9.67 Å². The molecule has 2 heterocycles. The van der Waals surface area contributed by atoms with Crippen LogP contribution in [0.3, 0.4) is 0 Å². The van der Waals surface area contributed by atoms with Crippen LogP contribution >= 0.6 is 0 Å². The Labute approximate surface area is 121 Å². The number of aromatic nitrogens is 3. The first-order valence-corrected chi connectivity index (χ1v) is 7.07. The summed E-state index contributed by atoms with van der Waals surface area (Å²) < 4.78 is 6.63. The van der Waals surface area contributed by atoms with Gasteiger partial charge in [-0.3, -0.25) is 9.59 Å². The van der Waals surface area contributed by atoms with E-state index in [1.54, 1.807) is 0 Å². The van der Waals surface area contributed by atoms with Crippen molar-refractivity contribution in [1.29, 1.82) is 0 Å². The maximum Gasteiger partial charge on any atom is 0.325 e. The van der Waals surface area contributed by atoms with Crippen LogP contribution in [0.1, 0.15) is 43.3 Å². The molecule has 1 aromatic rings. The fourth-order valence-corrected chi connectivity index (χ4v) is 2.79. The molecule has 1 aromatic heterocycles. The SMILES string of the molecule is NC(=O)C1(c2nc(C3CCOCC3)nn2CC(=O)O)CC1. The number of primary amides is 1. The topological polar surface area (TPSA) is 120 Å². The summed E-state index contributed by atoms with van der Waals surface area (Å²) in [6, 6.07) is 0. The number of hydrogen-bond acceptors (Lipinski definition) is 5. The van der Waals surface area contributed by atoms with Crippen molar-refractivity contribution in [3.05, 3.63) is 11.6 Å². The van der Waals surface area contributed by atoms with Gasteiger partial charge in [0.05, 0.1) is 0 Å². The smallest absolute Gasteiger partial charge is 0.325 e. The van der Waals surface area contributed by atoms with Gasteiger partial charge < -0.3 is 15.6 Å². The van der Waals surface area contributed by atoms with Crippen LogP contribution in [0.25, 0.3) is 0 Å². The summed E-state index contributed by atoms with van der Waals surface area (Å²) >= 11 is 0. The first-order valence-electron chi connectivity index (χ1n) is 7.07. The molecule has 8 nitrogen and oxygen atoms in total. The third-order valence-electron chi connectivity index (χ3n) is 4.21. The quantitative estimate of drug-likeness (QED) is 0.774. The van der Waals surface area contributed by atoms with Crippen LogP contribution in [0.15, 0.2) is 0 Å². The third kappa shape index (κ3) is 2.51. The summed E-state index contributed by atoms with van der Waals surface area (Å²) in [6.07, 6.45) is 2.82. The summed E-state index contributed by atoms with van der Waals surface area (Å²) in [5, 5.41) is 13.3. The van der Waals surface area contributed by atoms with E-state index in [1.807, 2.05) is 0 Å². The molecule has 3 N–H and O–H groups in total. The van der Waals surface area contributed by atoms with Crippen LogP contribution < -0.4 is 5.73 Å². The zero-order chi connectivity index (χ0) is 15.0. The lowest BCUT2D eigenvalue weighted by molar-refractivity contribution is -0.138. The minimum Gasteiger partial charge on any atom is -0.480 e. The molecule has 2 fully saturated rings. The van der Waals surface area contributed by atoms with Crippen molar-refractivity contribution >= 4 is 11.9 Å². The average Bonchev–Trinajstić information content (AvgIpc) is 3.16. The number of carboxylic acid groups (broad SMARTS) is 1. The lowest BCUT2D eigenvalue weighted by Crippen LogP contribution is -2.32. The number of ether oxygens (including phenoxy) is 1. The first-order chi connectivity index (χ1) is 10.0. The molecule has 0 bridgehead atoms. The van der Waals surface area contributed by atoms with Crippen molar-refractivity contribution in [3.63, 3.8) is 0 Å². The van der Waals surface area contributed by atoms with E-state index < -0.39 is 17.3 Å². The molecule has 8 heteroatoms. The zero-order valence-corrected chi connectivity index (χ0v) is 11.6. The molecule has 0 aromatic carbocycles. The fraction of sp³-hybridized carbons (Fsp3) is 0.692. The monoisotopic (exact) mass is 294 g/mol. The van der Waals surface area contributed by atoms with Crippen molar-refractivity contribution in [3.8, 4) is 0 Å². The van der Waals surface area contributed by atoms with Crippen LogP contribution in [-0.2, 0) is 26.3 Å². The predicted octanol–water partition coefficient (Wildman–Crippen LogP) is -0.226. The van der Waals surface area contributed by atoms with E-state index in [9.17, 15) is 9.59 Å². The number of aliphatic carboxylic acids is 1. The minimum absolute atomic E-state index is 0.149. The Morgan fingerprint density at radius 1 is 1.38 bits per heavy atom. The van der Waals surface area contributed by atoms with Gasteiger partial charge in [0.1, 0.15) is 17.8 Å². The summed E-state index contributed by atoms with van der Waals surface area (Å²) in [5.41, 5.74) is 4.64. The van der Waals surface area contributed by atoms with Gasteiger partial charge in [0.25, 0.3) is 0 Å². The predicted molar refractivity (Wildman–Crippen MR) is 70.6 cm³/mol. The Hall–Kier alpha value is -1.96. The van der Waals surface area contributed by atoms with E-state index in [4.69, 9.17) is 15.6 Å². The Kier molecular flexibility index (Phi) is 3.40. The Morgan fingerprint density at radius 2 is 2.05 bits per heavy atom. The Bertz CT molecular complexity index is 573. The molecular weight excluding hydrogens is 276 g/mol. The van der Waals surface area contributed by atoms with E-state index in [-0.39, 0.29) is 12.5 Å². The van der Waals surface area contributed by atoms with Gasteiger partial charge >= 0.3 is 5.97 Å². The van der Waals surface area contributed by atoms with Crippen LogP contribution in [0.5, 0.6) is 0 Å². The van der Waals surface area contributed by atoms with Crippen LogP contribution in [0.4, 0.5) is 0 Å². The number of nitrogens with two attached hydrogens (primary N) is 1. The number of carboxylic acids is 1. The molecule has 1 aliphatic heterocycles. The second kappa shape index (κ2) is 5.10. The summed E-state index contributed by atoms with van der Waals surface area (Å²) in [4.78, 5) is 27.2. The van der Waals surface area contributed by atoms with Crippen molar-refractivity contribution < 1.29 is 19.4 Å². The molecule has 3 rings (SSSR count). The van der Waals surface area contributed by atoms with Crippen molar-refractivity contribution in [1.82, 2.24) is 14.8 Å². The largest absolute Gasteiger partial charge is 0.480 e. The van der Waals surface area contributed by atoms with Crippen LogP contribution in [0, 0.1) is 0 Å². The molecule has 0 radical (unpaired) electrons. The number of carbonyl (C=O) groups is 2. The molecule has 21 heavy (non-hydrogen) atoms. The van der Waals surface area contributed by atoms with Gasteiger partial charge in [-0.2, -0.15) is 5.10 Å². The second-order valence-electron chi connectivity index (χ2n) is 5.68. The lowest BCUT2D eigenvalue weighted by Gasteiger charge is -2.18. The van der Waals surface area contributed by atoms with Gasteiger partial charge in [0.2, 0.25) is 5.91 Å². The maximum atomic E-state index is 11.7. The molecule has 0 unspecified atom stereocenters. The number of hydrogen-bond donors (Lipinski definition) is 2. The maximum absolute atomic E-state index is 11.7. The molecule has 1 saturated carbocycles. The molecule has 1 amide bonds. The average molecular weight is 294 g/mol. The third-order valence-corrected chi connectivity index (χ3v) is 4.21. The fourth-order valence-electron chi connectivity index (χ4n) is 2.79. The van der Waals surface area contributed by atoms with Crippen LogP contribution in [0.2, 0.25) is 0 Å². The molecule has 0 atom stereocenters. The van der Waals surface area contributed by atoms with E-state index in [1.165, 1.54) is 4.68 Å². The molecule has 1 saturated heterocycles. The van der Waals surface area contributed by atoms with Gasteiger partial charge in [-0.1, -0.05) is 0 Å². The molecular formula is C13H18N4O4. The highest BCUT2D eigenvalue weighted by Gasteiger charge is 2.54. The second-order valence-corrected chi connectivity index (χ2v) is 5.68. The molecule has 1 aliphatic carbocycles. The number of carbonyl (C=O) groups excluding carboxylic acids is 1. The van der Waals surface area contributed by atoms with Gasteiger partial charge in [-0.05, 0) is 25.7 Å². The minimum atomic E-state index is -1.01. The lowest BCUT2D eigenvalue weighted by atomic mass is 9.99. The number of nitrogens with zero attached hydrogens (tertiary/aromatic N) is 3. The normalized spacial score (nSPS) is 21.1. The summed E-state index contributed by atoms with van der Waals surface area (Å²) in [5.74, 6) is -0.322. The molecule has 2 aliphatic rings. The van der Waals surface area contributed by atoms with Gasteiger partial charge in [0.15, 0.2) is 5.82 Å². The highest BCUT2D eigenvalue weighted by molar-refractivity contribution is 5.89. The van der Waals surface area contributed by atoms with E-state index >= 15 is 0 Å². The number of rotatable bonds is 5. The van der Waals surface area contributed by atoms with Gasteiger partial charge in [-0.15, -0.1) is 0 Å². The number of amides is 1. The van der Waals surface area contributed by atoms with Gasteiger partial charge in [0, 0.05) is 19.1 Å². The Balaban J connectivity index is 1.95. The van der Waals surface area contributed by atoms with Crippen molar-refractivity contribution in [2.24, 2.45) is 5.73 Å². The summed E-state index contributed by atoms with van der Waals surface area (Å²) in [6.45, 7) is 0.990. The molecule has 0 spiro atoms. The van der Waals surface area contributed by atoms with Crippen molar-refractivity contribution in [2.45, 2.75) is 43.6 Å². The van der Waals surface area contributed by atoms with Crippen molar-refractivity contribution in [2.75, 3.05) is 13.2 Å². The van der Waals surface area contributed by atoms with Crippen LogP contribution in [-0.4, -0.2) is 45.0 Å². The standard InChI is InChI=1S/C13H18N4O4/c14-11(20)13(3-4-13)12-15-10(8-1-5-21-6-2-8)16-17(12)7-9(18)19/h8H,1-7H2,(H2,14,20)(H,18,19). The van der Waals surface area contributed by atoms with E-state index in [0.29, 0.717) is 37.7 Å². The Morgan fingerprint density at radius 3 is 2.57 bits per heavy atom. The highest BCUT2D eigenvalue weighted by atomic mass is 16.5. The first kappa shape index (κ1) is 14.0. The van der Waals surface area contributed by atoms with E-state index in [0.717, 1.165) is 12.8 Å². The molecule has 114 valence electrons. The summed E-state index contributed by atoms with van der Waals surface area (Å²) in [7, 11) is 0.